The van der Waals surface area contributed by atoms with E-state index in [1.807, 2.05) is 19.1 Å². The number of rotatable bonds is 11. The molecule has 3 rings (SSSR count). The summed E-state index contributed by atoms with van der Waals surface area (Å²) in [7, 11) is 3.10. The molecule has 1 saturated heterocycles. The second kappa shape index (κ2) is 13.6. The maximum Gasteiger partial charge on any atom is 0.323 e. The van der Waals surface area contributed by atoms with Crippen LogP contribution in [0.2, 0.25) is 0 Å². The molecule has 3 N–H and O–H groups in total. The highest BCUT2D eigenvalue weighted by Crippen LogP contribution is 2.29. The van der Waals surface area contributed by atoms with Gasteiger partial charge in [-0.1, -0.05) is 6.92 Å². The van der Waals surface area contributed by atoms with Crippen molar-refractivity contribution in [3.05, 3.63) is 42.0 Å². The highest BCUT2D eigenvalue weighted by Gasteiger charge is 2.22. The summed E-state index contributed by atoms with van der Waals surface area (Å²) in [5.74, 6) is 1.64. The molecule has 9 heteroatoms. The number of methoxy groups -OCH3 is 2. The summed E-state index contributed by atoms with van der Waals surface area (Å²) >= 11 is 0. The lowest BCUT2D eigenvalue weighted by Gasteiger charge is -2.33. The maximum atomic E-state index is 13.1. The summed E-state index contributed by atoms with van der Waals surface area (Å²) in [4.78, 5) is 28.1. The number of nitrogens with zero attached hydrogens (tertiary/aromatic N) is 1. The minimum atomic E-state index is -0.437. The zero-order chi connectivity index (χ0) is 25.9. The quantitative estimate of drug-likeness (QED) is 0.387. The molecule has 0 spiro atoms. The van der Waals surface area contributed by atoms with Crippen LogP contribution in [0.25, 0.3) is 0 Å². The van der Waals surface area contributed by atoms with Crippen molar-refractivity contribution in [3.8, 4) is 11.5 Å². The van der Waals surface area contributed by atoms with Crippen LogP contribution in [0.5, 0.6) is 11.5 Å². The van der Waals surface area contributed by atoms with Gasteiger partial charge in [-0.2, -0.15) is 0 Å². The maximum absolute atomic E-state index is 13.1. The molecule has 0 aromatic heterocycles. The van der Waals surface area contributed by atoms with Crippen LogP contribution in [0.3, 0.4) is 0 Å². The van der Waals surface area contributed by atoms with E-state index >= 15 is 0 Å². The molecule has 0 radical (unpaired) electrons. The molecule has 2 aromatic carbocycles. The first-order valence-corrected chi connectivity index (χ1v) is 12.5. The Morgan fingerprint density at radius 1 is 0.972 bits per heavy atom. The molecule has 2 aromatic rings. The smallest absolute Gasteiger partial charge is 0.323 e. The van der Waals surface area contributed by atoms with Crippen LogP contribution in [-0.4, -0.2) is 59.0 Å². The van der Waals surface area contributed by atoms with Crippen molar-refractivity contribution in [2.45, 2.75) is 33.1 Å². The fourth-order valence-corrected chi connectivity index (χ4v) is 4.11. The average molecular weight is 499 g/mol. The van der Waals surface area contributed by atoms with Crippen LogP contribution >= 0.6 is 0 Å². The lowest BCUT2D eigenvalue weighted by atomic mass is 9.98. The number of carbonyl (C=O) groups is 2. The molecule has 1 heterocycles. The lowest BCUT2D eigenvalue weighted by Crippen LogP contribution is -2.35. The largest absolute Gasteiger partial charge is 0.497 e. The van der Waals surface area contributed by atoms with E-state index in [4.69, 9.17) is 14.2 Å². The molecule has 0 aliphatic carbocycles. The first-order chi connectivity index (χ1) is 17.4. The molecule has 0 saturated carbocycles. The van der Waals surface area contributed by atoms with Gasteiger partial charge < -0.3 is 35.1 Å². The van der Waals surface area contributed by atoms with E-state index in [0.717, 1.165) is 38.0 Å². The van der Waals surface area contributed by atoms with Gasteiger partial charge in [0.1, 0.15) is 11.5 Å². The Kier molecular flexibility index (Phi) is 10.2. The Bertz CT molecular complexity index is 999. The van der Waals surface area contributed by atoms with E-state index in [2.05, 4.69) is 27.8 Å². The van der Waals surface area contributed by atoms with Crippen molar-refractivity contribution in [2.75, 3.05) is 62.6 Å². The highest BCUT2D eigenvalue weighted by atomic mass is 16.5. The number of piperidine rings is 1. The first kappa shape index (κ1) is 27.1. The normalized spacial score (nSPS) is 13.7. The number of ether oxygens (including phenoxy) is 3. The van der Waals surface area contributed by atoms with Crippen molar-refractivity contribution in [2.24, 2.45) is 5.92 Å². The van der Waals surface area contributed by atoms with Gasteiger partial charge >= 0.3 is 6.03 Å². The van der Waals surface area contributed by atoms with Gasteiger partial charge in [0, 0.05) is 68.1 Å². The monoisotopic (exact) mass is 498 g/mol. The van der Waals surface area contributed by atoms with Crippen molar-refractivity contribution in [1.29, 1.82) is 0 Å². The van der Waals surface area contributed by atoms with Crippen LogP contribution in [0.4, 0.5) is 21.9 Å². The molecule has 1 aliphatic heterocycles. The fraction of sp³-hybridized carbons (Fsp3) is 0.481. The number of hydrogen-bond acceptors (Lipinski definition) is 6. The average Bonchev–Trinajstić information content (AvgIpc) is 2.88. The van der Waals surface area contributed by atoms with E-state index < -0.39 is 6.03 Å². The van der Waals surface area contributed by atoms with Crippen molar-refractivity contribution in [1.82, 2.24) is 5.32 Å². The number of urea groups is 1. The number of amides is 3. The Morgan fingerprint density at radius 3 is 2.28 bits per heavy atom. The second-order valence-electron chi connectivity index (χ2n) is 8.89. The predicted octanol–water partition coefficient (Wildman–Crippen LogP) is 4.74. The van der Waals surface area contributed by atoms with Crippen LogP contribution < -0.4 is 30.3 Å². The van der Waals surface area contributed by atoms with Gasteiger partial charge in [0.2, 0.25) is 0 Å². The Hall–Kier alpha value is -3.46. The summed E-state index contributed by atoms with van der Waals surface area (Å²) in [6, 6.07) is 10.2. The molecule has 0 atom stereocenters. The molecule has 9 nitrogen and oxygen atoms in total. The summed E-state index contributed by atoms with van der Waals surface area (Å²) in [5.41, 5.74) is 2.47. The lowest BCUT2D eigenvalue weighted by molar-refractivity contribution is 0.0944. The van der Waals surface area contributed by atoms with Gasteiger partial charge in [0.05, 0.1) is 19.8 Å². The van der Waals surface area contributed by atoms with Crippen molar-refractivity contribution >= 4 is 29.0 Å². The summed E-state index contributed by atoms with van der Waals surface area (Å²) in [5, 5.41) is 8.61. The molecular weight excluding hydrogens is 460 g/mol. The van der Waals surface area contributed by atoms with Gasteiger partial charge in [0.25, 0.3) is 5.91 Å². The van der Waals surface area contributed by atoms with Crippen LogP contribution in [0.1, 0.15) is 43.5 Å². The standard InChI is InChI=1S/C27H38N4O5/c1-5-36-14-6-11-28-26(32)24-17-20(7-8-25(24)31-12-9-19(2)10-13-31)29-27(33)30-21-15-22(34-3)18-23(16-21)35-4/h7-8,15-19H,5-6,9-14H2,1-4H3,(H,28,32)(H2,29,30,33). The third-order valence-electron chi connectivity index (χ3n) is 6.19. The molecule has 36 heavy (non-hydrogen) atoms. The number of anilines is 3. The third-order valence-corrected chi connectivity index (χ3v) is 6.19. The second-order valence-corrected chi connectivity index (χ2v) is 8.89. The van der Waals surface area contributed by atoms with E-state index in [1.165, 1.54) is 0 Å². The van der Waals surface area contributed by atoms with E-state index in [0.29, 0.717) is 54.1 Å². The fourth-order valence-electron chi connectivity index (χ4n) is 4.11. The van der Waals surface area contributed by atoms with Crippen LogP contribution in [-0.2, 0) is 4.74 Å². The van der Waals surface area contributed by atoms with Gasteiger partial charge in [-0.25, -0.2) is 4.79 Å². The molecule has 0 unspecified atom stereocenters. The minimum absolute atomic E-state index is 0.165. The Balaban J connectivity index is 1.74. The van der Waals surface area contributed by atoms with Crippen molar-refractivity contribution < 1.29 is 23.8 Å². The molecule has 0 bridgehead atoms. The first-order valence-electron chi connectivity index (χ1n) is 12.5. The Morgan fingerprint density at radius 2 is 1.64 bits per heavy atom. The van der Waals surface area contributed by atoms with Gasteiger partial charge in [0.15, 0.2) is 0 Å². The molecule has 1 fully saturated rings. The highest BCUT2D eigenvalue weighted by molar-refractivity contribution is 6.04. The molecule has 1 aliphatic rings. The summed E-state index contributed by atoms with van der Waals surface area (Å²) in [6.07, 6.45) is 2.91. The van der Waals surface area contributed by atoms with Crippen molar-refractivity contribution in [3.63, 3.8) is 0 Å². The third kappa shape index (κ3) is 7.78. The molecular formula is C27H38N4O5. The van der Waals surface area contributed by atoms with Crippen LogP contribution in [0.15, 0.2) is 36.4 Å². The number of benzene rings is 2. The zero-order valence-electron chi connectivity index (χ0n) is 21.7. The summed E-state index contributed by atoms with van der Waals surface area (Å²) in [6.45, 7) is 7.78. The molecule has 196 valence electrons. The Labute approximate surface area is 213 Å². The van der Waals surface area contributed by atoms with Gasteiger partial charge in [-0.15, -0.1) is 0 Å². The zero-order valence-corrected chi connectivity index (χ0v) is 21.7. The minimum Gasteiger partial charge on any atom is -0.497 e. The van der Waals surface area contributed by atoms with Gasteiger partial charge in [-0.3, -0.25) is 4.79 Å². The van der Waals surface area contributed by atoms with Crippen LogP contribution in [0, 0.1) is 5.92 Å². The van der Waals surface area contributed by atoms with E-state index in [1.54, 1.807) is 38.5 Å². The number of hydrogen-bond donors (Lipinski definition) is 3. The number of nitrogens with one attached hydrogen (secondary N) is 3. The van der Waals surface area contributed by atoms with E-state index in [9.17, 15) is 9.59 Å². The predicted molar refractivity (Wildman–Crippen MR) is 143 cm³/mol. The SMILES string of the molecule is CCOCCCNC(=O)c1cc(NC(=O)Nc2cc(OC)cc(OC)c2)ccc1N1CCC(C)CC1. The topological polar surface area (TPSA) is 101 Å². The number of carbonyl (C=O) groups excluding carboxylic acids is 2. The molecule has 3 amide bonds. The van der Waals surface area contributed by atoms with E-state index in [-0.39, 0.29) is 5.91 Å². The van der Waals surface area contributed by atoms with Gasteiger partial charge in [-0.05, 0) is 50.3 Å². The summed E-state index contributed by atoms with van der Waals surface area (Å²) < 4.78 is 15.9.